The molecule has 0 atom stereocenters. The summed E-state index contributed by atoms with van der Waals surface area (Å²) < 4.78 is 0. The lowest BCUT2D eigenvalue weighted by atomic mass is 10.3. The van der Waals surface area contributed by atoms with Gasteiger partial charge in [-0.3, -0.25) is 0 Å². The first kappa shape index (κ1) is 7.69. The van der Waals surface area contributed by atoms with E-state index in [1.807, 2.05) is 23.1 Å². The van der Waals surface area contributed by atoms with E-state index >= 15 is 0 Å². The van der Waals surface area contributed by atoms with E-state index in [4.69, 9.17) is 0 Å². The minimum absolute atomic E-state index is 1.21. The molecule has 0 N–H and O–H groups in total. The molecule has 0 spiro atoms. The average molecular weight is 184 g/mol. The molecule has 0 aliphatic heterocycles. The van der Waals surface area contributed by atoms with Gasteiger partial charge < -0.3 is 0 Å². The molecule has 0 saturated carbocycles. The molecule has 1 heterocycles. The summed E-state index contributed by atoms with van der Waals surface area (Å²) >= 11 is 3.96. The number of aryl methyl sites for hydroxylation is 1. The van der Waals surface area contributed by atoms with Crippen molar-refractivity contribution in [3.8, 4) is 0 Å². The van der Waals surface area contributed by atoms with Crippen LogP contribution in [0.3, 0.4) is 0 Å². The smallest absolute Gasteiger partial charge is 0.0214 e. The van der Waals surface area contributed by atoms with E-state index in [1.54, 1.807) is 15.3 Å². The number of thiophene rings is 1. The summed E-state index contributed by atoms with van der Waals surface area (Å²) in [7, 11) is 0. The molecule has 2 rings (SSSR count). The van der Waals surface area contributed by atoms with Gasteiger partial charge in [0.15, 0.2) is 0 Å². The van der Waals surface area contributed by atoms with Gasteiger partial charge in [-0.15, -0.1) is 23.1 Å². The molecule has 0 nitrogen and oxygen atoms in total. The predicted octanol–water partition coefficient (Wildman–Crippen LogP) is 3.35. The summed E-state index contributed by atoms with van der Waals surface area (Å²) in [5.41, 5.74) is 1.67. The highest BCUT2D eigenvalue weighted by molar-refractivity contribution is 7.99. The highest BCUT2D eigenvalue weighted by Gasteiger charge is 2.16. The standard InChI is InChI=1S/C9H12S2/c1-2-10-9-6-11-8-5-3-4-7(8)9/h6H,2-5H2,1H3. The van der Waals surface area contributed by atoms with E-state index in [0.717, 1.165) is 0 Å². The molecule has 0 amide bonds. The monoisotopic (exact) mass is 184 g/mol. The van der Waals surface area contributed by atoms with Gasteiger partial charge in [-0.05, 0) is 30.6 Å². The van der Waals surface area contributed by atoms with Crippen molar-refractivity contribution in [3.05, 3.63) is 15.8 Å². The predicted molar refractivity (Wildman–Crippen MR) is 52.7 cm³/mol. The van der Waals surface area contributed by atoms with Crippen LogP contribution < -0.4 is 0 Å². The molecule has 1 aliphatic rings. The van der Waals surface area contributed by atoms with Crippen LogP contribution in [0.15, 0.2) is 10.3 Å². The fourth-order valence-corrected chi connectivity index (χ4v) is 3.78. The van der Waals surface area contributed by atoms with Crippen molar-refractivity contribution in [2.75, 3.05) is 5.75 Å². The first-order valence-corrected chi connectivity index (χ1v) is 6.00. The summed E-state index contributed by atoms with van der Waals surface area (Å²) in [6, 6.07) is 0. The Kier molecular flexibility index (Phi) is 2.23. The number of rotatable bonds is 2. The highest BCUT2D eigenvalue weighted by atomic mass is 32.2. The maximum Gasteiger partial charge on any atom is 0.0214 e. The van der Waals surface area contributed by atoms with Gasteiger partial charge in [0.2, 0.25) is 0 Å². The van der Waals surface area contributed by atoms with E-state index in [2.05, 4.69) is 12.3 Å². The average Bonchev–Trinajstić information content (AvgIpc) is 2.53. The van der Waals surface area contributed by atoms with Gasteiger partial charge >= 0.3 is 0 Å². The Bertz CT molecular complexity index is 250. The fraction of sp³-hybridized carbons (Fsp3) is 0.556. The summed E-state index contributed by atoms with van der Waals surface area (Å²) in [6.45, 7) is 2.23. The topological polar surface area (TPSA) is 0 Å². The quantitative estimate of drug-likeness (QED) is 0.635. The highest BCUT2D eigenvalue weighted by Crippen LogP contribution is 2.36. The Labute approximate surface area is 76.0 Å². The van der Waals surface area contributed by atoms with Crippen LogP contribution in [0.2, 0.25) is 0 Å². The molecule has 60 valence electrons. The van der Waals surface area contributed by atoms with Crippen LogP contribution in [0, 0.1) is 0 Å². The van der Waals surface area contributed by atoms with E-state index < -0.39 is 0 Å². The molecular formula is C9H12S2. The third-order valence-electron chi connectivity index (χ3n) is 2.07. The summed E-state index contributed by atoms with van der Waals surface area (Å²) in [5, 5.41) is 2.33. The minimum Gasteiger partial charge on any atom is -0.147 e. The first-order chi connectivity index (χ1) is 5.42. The van der Waals surface area contributed by atoms with Crippen LogP contribution >= 0.6 is 23.1 Å². The lowest BCUT2D eigenvalue weighted by molar-refractivity contribution is 0.907. The molecule has 0 saturated heterocycles. The van der Waals surface area contributed by atoms with Crippen molar-refractivity contribution < 1.29 is 0 Å². The van der Waals surface area contributed by atoms with Crippen molar-refractivity contribution in [2.45, 2.75) is 31.1 Å². The van der Waals surface area contributed by atoms with Crippen LogP contribution in [-0.2, 0) is 12.8 Å². The zero-order valence-corrected chi connectivity index (χ0v) is 8.36. The van der Waals surface area contributed by atoms with Crippen LogP contribution in [0.4, 0.5) is 0 Å². The third kappa shape index (κ3) is 1.34. The van der Waals surface area contributed by atoms with Gasteiger partial charge in [-0.25, -0.2) is 0 Å². The molecule has 1 aromatic heterocycles. The minimum atomic E-state index is 1.21. The third-order valence-corrected chi connectivity index (χ3v) is 4.27. The van der Waals surface area contributed by atoms with E-state index in [1.165, 1.54) is 25.0 Å². The molecule has 1 aliphatic carbocycles. The van der Waals surface area contributed by atoms with Crippen molar-refractivity contribution in [3.63, 3.8) is 0 Å². The fourth-order valence-electron chi connectivity index (χ4n) is 1.58. The second-order valence-corrected chi connectivity index (χ2v) is 5.06. The zero-order valence-electron chi connectivity index (χ0n) is 6.72. The molecule has 11 heavy (non-hydrogen) atoms. The Morgan fingerprint density at radius 2 is 2.45 bits per heavy atom. The second-order valence-electron chi connectivity index (χ2n) is 2.79. The summed E-state index contributed by atoms with van der Waals surface area (Å²) in [5.74, 6) is 1.21. The van der Waals surface area contributed by atoms with Crippen molar-refractivity contribution >= 4 is 23.1 Å². The summed E-state index contributed by atoms with van der Waals surface area (Å²) in [4.78, 5) is 3.21. The molecule has 0 bridgehead atoms. The number of hydrogen-bond acceptors (Lipinski definition) is 2. The van der Waals surface area contributed by atoms with Crippen LogP contribution in [-0.4, -0.2) is 5.75 Å². The van der Waals surface area contributed by atoms with Crippen LogP contribution in [0.25, 0.3) is 0 Å². The van der Waals surface area contributed by atoms with Gasteiger partial charge in [0.05, 0.1) is 0 Å². The Hall–Kier alpha value is 0.0500. The first-order valence-electron chi connectivity index (χ1n) is 4.14. The SMILES string of the molecule is CCSc1csc2c1CCC2. The molecule has 0 unspecified atom stereocenters. The maximum atomic E-state index is 2.33. The molecule has 0 radical (unpaired) electrons. The second kappa shape index (κ2) is 3.20. The van der Waals surface area contributed by atoms with Crippen molar-refractivity contribution in [2.24, 2.45) is 0 Å². The largest absolute Gasteiger partial charge is 0.147 e. The zero-order chi connectivity index (χ0) is 7.68. The molecular weight excluding hydrogens is 172 g/mol. The molecule has 1 aromatic rings. The number of fused-ring (bicyclic) bond motifs is 1. The maximum absolute atomic E-state index is 2.33. The van der Waals surface area contributed by atoms with E-state index in [-0.39, 0.29) is 0 Å². The van der Waals surface area contributed by atoms with Crippen LogP contribution in [0.1, 0.15) is 23.8 Å². The van der Waals surface area contributed by atoms with Gasteiger partial charge in [0, 0.05) is 15.2 Å². The van der Waals surface area contributed by atoms with Gasteiger partial charge in [0.1, 0.15) is 0 Å². The van der Waals surface area contributed by atoms with Gasteiger partial charge in [0.25, 0.3) is 0 Å². The Balaban J connectivity index is 2.27. The molecule has 2 heteroatoms. The van der Waals surface area contributed by atoms with E-state index in [0.29, 0.717) is 0 Å². The Morgan fingerprint density at radius 3 is 3.27 bits per heavy atom. The van der Waals surface area contributed by atoms with Crippen LogP contribution in [0.5, 0.6) is 0 Å². The lowest BCUT2D eigenvalue weighted by Crippen LogP contribution is -1.77. The summed E-state index contributed by atoms with van der Waals surface area (Å²) in [6.07, 6.45) is 4.06. The van der Waals surface area contributed by atoms with E-state index in [9.17, 15) is 0 Å². The Morgan fingerprint density at radius 1 is 1.55 bits per heavy atom. The molecule has 0 aromatic carbocycles. The number of thioether (sulfide) groups is 1. The number of hydrogen-bond donors (Lipinski definition) is 0. The van der Waals surface area contributed by atoms with Gasteiger partial charge in [-0.2, -0.15) is 0 Å². The van der Waals surface area contributed by atoms with Crippen molar-refractivity contribution in [1.29, 1.82) is 0 Å². The van der Waals surface area contributed by atoms with Crippen molar-refractivity contribution in [1.82, 2.24) is 0 Å². The molecule has 0 fully saturated rings. The lowest BCUT2D eigenvalue weighted by Gasteiger charge is -1.96. The van der Waals surface area contributed by atoms with Gasteiger partial charge in [-0.1, -0.05) is 6.92 Å². The normalized spacial score (nSPS) is 15.4.